The molecule has 1 aliphatic rings. The average Bonchev–Trinajstić information content (AvgIpc) is 3.04. The molecule has 0 saturated carbocycles. The van der Waals surface area contributed by atoms with Crippen LogP contribution >= 0.6 is 19.8 Å². The molecule has 30 heavy (non-hydrogen) atoms. The Morgan fingerprint density at radius 3 is 2.43 bits per heavy atom. The van der Waals surface area contributed by atoms with Crippen LogP contribution in [0.2, 0.25) is 0 Å². The van der Waals surface area contributed by atoms with E-state index in [-0.39, 0.29) is 0 Å². The highest BCUT2D eigenvalue weighted by molar-refractivity contribution is 7.81. The molecule has 0 saturated heterocycles. The van der Waals surface area contributed by atoms with Crippen LogP contribution in [-0.4, -0.2) is 16.1 Å². The smallest absolute Gasteiger partial charge is 0.146 e. The van der Waals surface area contributed by atoms with Crippen molar-refractivity contribution in [2.75, 3.05) is 6.16 Å². The molecule has 148 valence electrons. The second-order valence-electron chi connectivity index (χ2n) is 7.49. The quantitative estimate of drug-likeness (QED) is 0.330. The molecule has 0 aliphatic carbocycles. The lowest BCUT2D eigenvalue weighted by Gasteiger charge is -2.14. The van der Waals surface area contributed by atoms with Gasteiger partial charge in [-0.2, -0.15) is 0 Å². The van der Waals surface area contributed by atoms with Gasteiger partial charge < -0.3 is 4.57 Å². The first-order valence-corrected chi connectivity index (χ1v) is 12.4. The molecule has 2 aromatic heterocycles. The van der Waals surface area contributed by atoms with Crippen molar-refractivity contribution in [3.8, 4) is 33.8 Å². The van der Waals surface area contributed by atoms with Crippen LogP contribution in [0.1, 0.15) is 13.3 Å². The summed E-state index contributed by atoms with van der Waals surface area (Å²) in [5.74, 6) is 0. The van der Waals surface area contributed by atoms with E-state index in [0.29, 0.717) is 6.16 Å². The first kappa shape index (κ1) is 19.3. The second kappa shape index (κ2) is 7.54. The summed E-state index contributed by atoms with van der Waals surface area (Å²) in [4.78, 5) is 10.3. The Bertz CT molecular complexity index is 1300. The second-order valence-corrected chi connectivity index (χ2v) is 10.9. The number of fused-ring (bicyclic) bond motifs is 3. The number of hydrogen-bond acceptors (Lipinski definition) is 4. The monoisotopic (exact) mass is 428 g/mol. The molecule has 4 aromatic rings. The van der Waals surface area contributed by atoms with Crippen LogP contribution in [0.3, 0.4) is 0 Å². The van der Waals surface area contributed by atoms with E-state index in [2.05, 4.69) is 42.7 Å². The minimum atomic E-state index is -2.67. The third-order valence-corrected chi connectivity index (χ3v) is 9.31. The number of benzene rings is 2. The number of aromatic nitrogens is 2. The fraction of sp³-hybridized carbons (Fsp3) is 0.120. The fourth-order valence-electron chi connectivity index (χ4n) is 4.22. The largest absolute Gasteiger partial charge is 0.314 e. The Labute approximate surface area is 182 Å². The van der Waals surface area contributed by atoms with Gasteiger partial charge in [-0.3, -0.25) is 4.98 Å². The summed E-state index contributed by atoms with van der Waals surface area (Å²) in [6.45, 7) is 2.08. The molecule has 5 rings (SSSR count). The summed E-state index contributed by atoms with van der Waals surface area (Å²) in [5, 5.41) is 1.77. The summed E-state index contributed by atoms with van der Waals surface area (Å²) < 4.78 is 14.0. The summed E-state index contributed by atoms with van der Waals surface area (Å²) in [6.07, 6.45) is 3.31. The van der Waals surface area contributed by atoms with Gasteiger partial charge in [0.15, 0.2) is 0 Å². The van der Waals surface area contributed by atoms with Crippen molar-refractivity contribution >= 4 is 30.4 Å². The average molecular weight is 428 g/mol. The SMILES string of the molecule is CCCP1(=O)c2ccc(-c3cccc(-c4ccccn4)c3)nc2-c2c(S)cccc21. The normalized spacial score (nSPS) is 16.9. The fourth-order valence-corrected chi connectivity index (χ4v) is 7.72. The third kappa shape index (κ3) is 3.03. The Kier molecular flexibility index (Phi) is 4.85. The van der Waals surface area contributed by atoms with Gasteiger partial charge in [0.25, 0.3) is 0 Å². The number of nitrogens with zero attached hydrogens (tertiary/aromatic N) is 2. The van der Waals surface area contributed by atoms with E-state index in [0.717, 1.165) is 55.7 Å². The summed E-state index contributed by atoms with van der Waals surface area (Å²) >= 11 is 4.67. The van der Waals surface area contributed by atoms with Crippen molar-refractivity contribution in [3.63, 3.8) is 0 Å². The van der Waals surface area contributed by atoms with Crippen LogP contribution in [0.15, 0.2) is 83.9 Å². The maximum absolute atomic E-state index is 14.0. The molecule has 0 amide bonds. The molecule has 0 bridgehead atoms. The topological polar surface area (TPSA) is 42.9 Å². The van der Waals surface area contributed by atoms with Gasteiger partial charge in [0.2, 0.25) is 0 Å². The zero-order chi connectivity index (χ0) is 20.7. The minimum absolute atomic E-state index is 0.653. The molecule has 0 N–H and O–H groups in total. The standard InChI is InChI=1S/C25H21N2OPS/c1-2-15-29(28)21-10-6-11-23(30)24(21)25-22(29)13-12-20(27-25)18-8-5-7-17(16-18)19-9-3-4-14-26-19/h3-14,16,30H,2,15H2,1H3. The molecule has 0 spiro atoms. The Balaban J connectivity index is 1.67. The molecule has 0 fully saturated rings. The lowest BCUT2D eigenvalue weighted by molar-refractivity contribution is 0.586. The highest BCUT2D eigenvalue weighted by atomic mass is 32.1. The molecule has 1 unspecified atom stereocenters. The van der Waals surface area contributed by atoms with Gasteiger partial charge in [-0.1, -0.05) is 43.3 Å². The molecule has 2 aromatic carbocycles. The van der Waals surface area contributed by atoms with E-state index in [1.54, 1.807) is 6.20 Å². The van der Waals surface area contributed by atoms with E-state index >= 15 is 0 Å². The first-order chi connectivity index (χ1) is 14.6. The van der Waals surface area contributed by atoms with Crippen LogP contribution in [0, 0.1) is 0 Å². The van der Waals surface area contributed by atoms with Gasteiger partial charge in [0.1, 0.15) is 7.14 Å². The van der Waals surface area contributed by atoms with Crippen LogP contribution in [0.25, 0.3) is 33.8 Å². The van der Waals surface area contributed by atoms with Gasteiger partial charge in [-0.05, 0) is 42.8 Å². The van der Waals surface area contributed by atoms with E-state index < -0.39 is 7.14 Å². The predicted octanol–water partition coefficient (Wildman–Crippen LogP) is 5.80. The molecular formula is C25H21N2OPS. The van der Waals surface area contributed by atoms with Crippen molar-refractivity contribution in [1.29, 1.82) is 0 Å². The summed E-state index contributed by atoms with van der Waals surface area (Å²) in [6, 6.07) is 24.0. The van der Waals surface area contributed by atoms with Crippen molar-refractivity contribution in [2.45, 2.75) is 18.2 Å². The Morgan fingerprint density at radius 1 is 0.867 bits per heavy atom. The maximum atomic E-state index is 14.0. The van der Waals surface area contributed by atoms with Gasteiger partial charge in [0.05, 0.1) is 17.1 Å². The molecule has 0 radical (unpaired) electrons. The first-order valence-electron chi connectivity index (χ1n) is 10.1. The van der Waals surface area contributed by atoms with E-state index in [4.69, 9.17) is 4.98 Å². The predicted molar refractivity (Wildman–Crippen MR) is 128 cm³/mol. The lowest BCUT2D eigenvalue weighted by Crippen LogP contribution is -2.13. The van der Waals surface area contributed by atoms with Gasteiger partial charge in [0, 0.05) is 44.6 Å². The third-order valence-electron chi connectivity index (χ3n) is 5.57. The molecule has 3 heterocycles. The number of rotatable bonds is 4. The minimum Gasteiger partial charge on any atom is -0.314 e. The van der Waals surface area contributed by atoms with Crippen molar-refractivity contribution < 1.29 is 4.57 Å². The van der Waals surface area contributed by atoms with Crippen LogP contribution in [-0.2, 0) is 4.57 Å². The zero-order valence-electron chi connectivity index (χ0n) is 16.6. The highest BCUT2D eigenvalue weighted by Crippen LogP contribution is 2.54. The molecular weight excluding hydrogens is 407 g/mol. The van der Waals surface area contributed by atoms with E-state index in [1.807, 2.05) is 54.6 Å². The molecule has 1 atom stereocenters. The van der Waals surface area contributed by atoms with E-state index in [9.17, 15) is 4.57 Å². The van der Waals surface area contributed by atoms with Crippen LogP contribution in [0.5, 0.6) is 0 Å². The number of pyridine rings is 2. The number of hydrogen-bond donors (Lipinski definition) is 1. The van der Waals surface area contributed by atoms with Gasteiger partial charge in [-0.15, -0.1) is 12.6 Å². The Morgan fingerprint density at radius 2 is 1.67 bits per heavy atom. The molecule has 1 aliphatic heterocycles. The van der Waals surface area contributed by atoms with Gasteiger partial charge >= 0.3 is 0 Å². The number of thiol groups is 1. The van der Waals surface area contributed by atoms with Crippen molar-refractivity contribution in [1.82, 2.24) is 9.97 Å². The Hall–Kier alpha value is -2.68. The van der Waals surface area contributed by atoms with E-state index in [1.165, 1.54) is 0 Å². The van der Waals surface area contributed by atoms with Crippen molar-refractivity contribution in [3.05, 3.63) is 79.0 Å². The highest BCUT2D eigenvalue weighted by Gasteiger charge is 2.39. The van der Waals surface area contributed by atoms with Crippen LogP contribution in [0.4, 0.5) is 0 Å². The summed E-state index contributed by atoms with van der Waals surface area (Å²) in [7, 11) is -2.67. The molecule has 5 heteroatoms. The molecule has 3 nitrogen and oxygen atoms in total. The van der Waals surface area contributed by atoms with Gasteiger partial charge in [-0.25, -0.2) is 4.98 Å². The lowest BCUT2D eigenvalue weighted by atomic mass is 10.0. The zero-order valence-corrected chi connectivity index (χ0v) is 18.4. The van der Waals surface area contributed by atoms with Crippen LogP contribution < -0.4 is 10.6 Å². The maximum Gasteiger partial charge on any atom is 0.146 e. The summed E-state index contributed by atoms with van der Waals surface area (Å²) in [5.41, 5.74) is 5.58. The van der Waals surface area contributed by atoms with Crippen molar-refractivity contribution in [2.24, 2.45) is 0 Å².